The summed E-state index contributed by atoms with van der Waals surface area (Å²) in [5, 5.41) is 9.57. The number of unbranched alkanes of at least 4 members (excludes halogenated alkanes) is 3. The lowest BCUT2D eigenvalue weighted by molar-refractivity contribution is -0.149. The van der Waals surface area contributed by atoms with E-state index in [1.165, 1.54) is 0 Å². The summed E-state index contributed by atoms with van der Waals surface area (Å²) in [6.45, 7) is 10.5. The van der Waals surface area contributed by atoms with Crippen molar-refractivity contribution >= 4 is 35.0 Å². The summed E-state index contributed by atoms with van der Waals surface area (Å²) in [5.74, 6) is -2.10. The first-order valence-electron chi connectivity index (χ1n) is 13.8. The highest BCUT2D eigenvalue weighted by molar-refractivity contribution is 6.34. The van der Waals surface area contributed by atoms with Gasteiger partial charge in [-0.05, 0) is 44.7 Å². The van der Waals surface area contributed by atoms with Gasteiger partial charge < -0.3 is 24.5 Å². The van der Waals surface area contributed by atoms with E-state index in [0.717, 1.165) is 12.8 Å². The summed E-state index contributed by atoms with van der Waals surface area (Å²) in [6.07, 6.45) is 7.39. The van der Waals surface area contributed by atoms with Crippen LogP contribution in [-0.4, -0.2) is 83.2 Å². The van der Waals surface area contributed by atoms with Gasteiger partial charge in [-0.2, -0.15) is 0 Å². The molecule has 5 atom stereocenters. The Morgan fingerprint density at radius 3 is 2.49 bits per heavy atom. The molecule has 3 amide bonds. The molecule has 2 bridgehead atoms. The van der Waals surface area contributed by atoms with Gasteiger partial charge in [0.25, 0.3) is 5.91 Å². The molecule has 0 saturated carbocycles. The molecule has 3 saturated heterocycles. The van der Waals surface area contributed by atoms with Crippen LogP contribution in [0.25, 0.3) is 0 Å². The van der Waals surface area contributed by atoms with Crippen molar-refractivity contribution in [3.63, 3.8) is 0 Å². The maximum absolute atomic E-state index is 14.5. The van der Waals surface area contributed by atoms with Crippen LogP contribution in [-0.2, 0) is 19.1 Å². The van der Waals surface area contributed by atoms with E-state index >= 15 is 0 Å². The molecule has 3 aliphatic heterocycles. The van der Waals surface area contributed by atoms with Crippen LogP contribution < -0.4 is 4.90 Å². The number of anilines is 1. The van der Waals surface area contributed by atoms with E-state index in [-0.39, 0.29) is 30.9 Å². The van der Waals surface area contributed by atoms with E-state index in [4.69, 9.17) is 21.4 Å². The molecule has 9 heteroatoms. The van der Waals surface area contributed by atoms with Gasteiger partial charge in [0, 0.05) is 33.3 Å². The minimum absolute atomic E-state index is 0.123. The lowest BCUT2D eigenvalue weighted by atomic mass is 9.66. The zero-order valence-electron chi connectivity index (χ0n) is 23.0. The van der Waals surface area contributed by atoms with Crippen LogP contribution in [0.15, 0.2) is 49.6 Å². The van der Waals surface area contributed by atoms with Crippen molar-refractivity contribution in [3.05, 3.63) is 54.6 Å². The smallest absolute Gasteiger partial charge is 0.253 e. The van der Waals surface area contributed by atoms with Crippen molar-refractivity contribution in [2.75, 3.05) is 38.2 Å². The number of halogens is 1. The van der Waals surface area contributed by atoms with Crippen LogP contribution >= 0.6 is 11.6 Å². The number of likely N-dealkylation sites (tertiary alicyclic amines) is 1. The van der Waals surface area contributed by atoms with Crippen LogP contribution in [0.4, 0.5) is 5.69 Å². The lowest BCUT2D eigenvalue weighted by Gasteiger charge is -2.37. The molecule has 3 fully saturated rings. The number of benzene rings is 1. The Morgan fingerprint density at radius 1 is 1.13 bits per heavy atom. The summed E-state index contributed by atoms with van der Waals surface area (Å²) in [6, 6.07) is 6.22. The largest absolute Gasteiger partial charge is 0.396 e. The second-order valence-corrected chi connectivity index (χ2v) is 11.5. The van der Waals surface area contributed by atoms with Crippen molar-refractivity contribution in [2.24, 2.45) is 11.8 Å². The monoisotopic (exact) mass is 557 g/mol. The number of carbonyl (C=O) groups is 3. The van der Waals surface area contributed by atoms with Gasteiger partial charge in [0.05, 0.1) is 28.1 Å². The number of ether oxygens (including phenoxy) is 1. The van der Waals surface area contributed by atoms with Gasteiger partial charge in [-0.15, -0.1) is 13.2 Å². The SMILES string of the molecule is C=CCN(C)C(=O)[C@@H]1[C@H]2C(=O)N(CCCCCCO)C(C(=O)N(CC=C)c3ccccc3Cl)C23CC[C@@]1(C)O3. The molecule has 1 spiro atoms. The number of hydrogen-bond donors (Lipinski definition) is 1. The van der Waals surface area contributed by atoms with Crippen LogP contribution in [0.2, 0.25) is 5.02 Å². The molecule has 1 N–H and O–H groups in total. The minimum atomic E-state index is -1.11. The molecule has 2 unspecified atom stereocenters. The number of nitrogens with zero attached hydrogens (tertiary/aromatic N) is 3. The predicted molar refractivity (Wildman–Crippen MR) is 151 cm³/mol. The number of aliphatic hydroxyl groups is 1. The molecule has 8 nitrogen and oxygen atoms in total. The Kier molecular flexibility index (Phi) is 8.88. The highest BCUT2D eigenvalue weighted by Crippen LogP contribution is 2.63. The van der Waals surface area contributed by atoms with Crippen molar-refractivity contribution in [1.82, 2.24) is 9.80 Å². The van der Waals surface area contributed by atoms with E-state index < -0.39 is 29.1 Å². The third kappa shape index (κ3) is 5.03. The fourth-order valence-electron chi connectivity index (χ4n) is 6.84. The van der Waals surface area contributed by atoms with Gasteiger partial charge in [0.1, 0.15) is 11.6 Å². The molecular weight excluding hydrogens is 518 g/mol. The maximum atomic E-state index is 14.5. The molecular formula is C30H40ClN3O5. The Labute approximate surface area is 236 Å². The highest BCUT2D eigenvalue weighted by Gasteiger charge is 2.78. The molecule has 0 aromatic heterocycles. The summed E-state index contributed by atoms with van der Waals surface area (Å²) in [7, 11) is 1.70. The summed E-state index contributed by atoms with van der Waals surface area (Å²) < 4.78 is 6.73. The van der Waals surface area contributed by atoms with Crippen molar-refractivity contribution in [1.29, 1.82) is 0 Å². The van der Waals surface area contributed by atoms with Crippen molar-refractivity contribution in [2.45, 2.75) is 62.7 Å². The normalized spacial score (nSPS) is 28.9. The first-order chi connectivity index (χ1) is 18.7. The predicted octanol–water partition coefficient (Wildman–Crippen LogP) is 3.82. The molecule has 0 aliphatic carbocycles. The number of fused-ring (bicyclic) bond motifs is 1. The summed E-state index contributed by atoms with van der Waals surface area (Å²) >= 11 is 6.52. The second-order valence-electron chi connectivity index (χ2n) is 11.1. The quantitative estimate of drug-likeness (QED) is 0.294. The number of hydrogen-bond acceptors (Lipinski definition) is 5. The lowest BCUT2D eigenvalue weighted by Crippen LogP contribution is -2.56. The molecule has 3 heterocycles. The maximum Gasteiger partial charge on any atom is 0.253 e. The number of carbonyl (C=O) groups excluding carboxylic acids is 3. The van der Waals surface area contributed by atoms with E-state index in [1.807, 2.05) is 13.0 Å². The first-order valence-corrected chi connectivity index (χ1v) is 14.2. The third-order valence-corrected chi connectivity index (χ3v) is 8.90. The number of amides is 3. The summed E-state index contributed by atoms with van der Waals surface area (Å²) in [5.41, 5.74) is -1.41. The average Bonchev–Trinajstić information content (AvgIpc) is 3.48. The molecule has 1 aromatic carbocycles. The average molecular weight is 558 g/mol. The standard InChI is InChI=1S/C30H40ClN3O5/c1-5-17-32(4)26(36)23-24-27(37)34(19-11-7-8-12-20-35)25(30(24)16-15-29(23,3)39-30)28(38)33(18-6-2)22-14-10-9-13-21(22)31/h5-6,9-10,13-14,23-25,35H,1-2,7-8,11-12,15-20H2,3-4H3/t23-,24-,25?,29+,30?/m0/s1. The molecule has 4 rings (SSSR count). The van der Waals surface area contributed by atoms with Crippen molar-refractivity contribution < 1.29 is 24.2 Å². The molecule has 0 radical (unpaired) electrons. The number of likely N-dealkylation sites (N-methyl/N-ethyl adjacent to an activating group) is 1. The van der Waals surface area contributed by atoms with Gasteiger partial charge in [-0.25, -0.2) is 0 Å². The van der Waals surface area contributed by atoms with Crippen molar-refractivity contribution in [3.8, 4) is 0 Å². The second kappa shape index (κ2) is 11.8. The van der Waals surface area contributed by atoms with Gasteiger partial charge in [0.2, 0.25) is 11.8 Å². The minimum Gasteiger partial charge on any atom is -0.396 e. The number of rotatable bonds is 13. The molecule has 3 aliphatic rings. The van der Waals surface area contributed by atoms with Crippen LogP contribution in [0, 0.1) is 11.8 Å². The van der Waals surface area contributed by atoms with E-state index in [9.17, 15) is 14.4 Å². The van der Waals surface area contributed by atoms with Gasteiger partial charge in [-0.1, -0.05) is 48.7 Å². The Bertz CT molecular complexity index is 1130. The first kappa shape index (κ1) is 29.3. The Balaban J connectivity index is 1.75. The zero-order chi connectivity index (χ0) is 28.4. The van der Waals surface area contributed by atoms with Crippen LogP contribution in [0.3, 0.4) is 0 Å². The van der Waals surface area contributed by atoms with E-state index in [0.29, 0.717) is 49.5 Å². The Morgan fingerprint density at radius 2 is 1.82 bits per heavy atom. The molecule has 39 heavy (non-hydrogen) atoms. The summed E-state index contributed by atoms with van der Waals surface area (Å²) in [4.78, 5) is 47.3. The van der Waals surface area contributed by atoms with Gasteiger partial charge in [-0.3, -0.25) is 14.4 Å². The van der Waals surface area contributed by atoms with E-state index in [2.05, 4.69) is 13.2 Å². The number of para-hydroxylation sites is 1. The zero-order valence-corrected chi connectivity index (χ0v) is 23.7. The highest BCUT2D eigenvalue weighted by atomic mass is 35.5. The fourth-order valence-corrected chi connectivity index (χ4v) is 7.08. The third-order valence-electron chi connectivity index (χ3n) is 8.58. The van der Waals surface area contributed by atoms with E-state index in [1.54, 1.807) is 52.1 Å². The molecule has 1 aromatic rings. The van der Waals surface area contributed by atoms with Crippen LogP contribution in [0.1, 0.15) is 45.4 Å². The topological polar surface area (TPSA) is 90.4 Å². The Hall–Kier alpha value is -2.68. The molecule has 212 valence electrons. The van der Waals surface area contributed by atoms with Gasteiger partial charge in [0.15, 0.2) is 0 Å². The van der Waals surface area contributed by atoms with Crippen LogP contribution in [0.5, 0.6) is 0 Å². The fraction of sp³-hybridized carbons (Fsp3) is 0.567. The van der Waals surface area contributed by atoms with Gasteiger partial charge >= 0.3 is 0 Å². The number of aliphatic hydroxyl groups excluding tert-OH is 1.